The molecule has 0 radical (unpaired) electrons. The molecule has 3 N–H and O–H groups in total. The number of aryl methyl sites for hydroxylation is 1. The van der Waals surface area contributed by atoms with Gasteiger partial charge in [0.25, 0.3) is 5.56 Å². The first-order valence-electron chi connectivity index (χ1n) is 9.44. The van der Waals surface area contributed by atoms with Crippen LogP contribution in [0, 0.1) is 12.8 Å². The van der Waals surface area contributed by atoms with Gasteiger partial charge in [0.05, 0.1) is 30.1 Å². The van der Waals surface area contributed by atoms with E-state index in [0.717, 1.165) is 0 Å². The van der Waals surface area contributed by atoms with E-state index in [-0.39, 0.29) is 24.5 Å². The highest BCUT2D eigenvalue weighted by Crippen LogP contribution is 2.36. The van der Waals surface area contributed by atoms with Crippen molar-refractivity contribution in [1.29, 1.82) is 0 Å². The molecule has 0 saturated heterocycles. The third-order valence-corrected chi connectivity index (χ3v) is 4.14. The minimum atomic E-state index is -0.308. The lowest BCUT2D eigenvalue weighted by Gasteiger charge is -2.15. The van der Waals surface area contributed by atoms with E-state index in [2.05, 4.69) is 34.3 Å². The van der Waals surface area contributed by atoms with Gasteiger partial charge in [-0.1, -0.05) is 25.4 Å². The zero-order valence-corrected chi connectivity index (χ0v) is 17.8. The Hall–Kier alpha value is -2.58. The quantitative estimate of drug-likeness (QED) is 0.401. The number of benzene rings is 1. The van der Waals surface area contributed by atoms with Crippen molar-refractivity contribution in [3.63, 3.8) is 0 Å². The molecule has 2 aromatic rings. The van der Waals surface area contributed by atoms with Crippen molar-refractivity contribution in [1.82, 2.24) is 9.97 Å². The molecule has 0 saturated carbocycles. The number of hydrazone groups is 1. The van der Waals surface area contributed by atoms with Gasteiger partial charge < -0.3 is 14.6 Å². The molecule has 0 atom stereocenters. The molecule has 0 amide bonds. The van der Waals surface area contributed by atoms with Crippen molar-refractivity contribution in [2.24, 2.45) is 11.0 Å². The molecule has 1 heterocycles. The van der Waals surface area contributed by atoms with Crippen LogP contribution in [0.5, 0.6) is 11.5 Å². The number of hydrogen-bond donors (Lipinski definition) is 3. The van der Waals surface area contributed by atoms with Crippen molar-refractivity contribution in [2.75, 3.05) is 25.2 Å². The smallest absolute Gasteiger partial charge is 0.255 e. The van der Waals surface area contributed by atoms with Crippen LogP contribution < -0.4 is 20.5 Å². The van der Waals surface area contributed by atoms with Gasteiger partial charge in [-0.3, -0.25) is 9.78 Å². The van der Waals surface area contributed by atoms with Crippen LogP contribution in [0.4, 0.5) is 5.95 Å². The van der Waals surface area contributed by atoms with Crippen LogP contribution in [0.3, 0.4) is 0 Å². The van der Waals surface area contributed by atoms with Gasteiger partial charge in [0.15, 0.2) is 11.5 Å². The van der Waals surface area contributed by atoms with E-state index in [0.29, 0.717) is 52.5 Å². The molecule has 9 heteroatoms. The highest BCUT2D eigenvalue weighted by Gasteiger charge is 2.13. The number of aliphatic hydroxyl groups excluding tert-OH is 1. The summed E-state index contributed by atoms with van der Waals surface area (Å²) in [5.74, 6) is 1.61. The molecule has 29 heavy (non-hydrogen) atoms. The monoisotopic (exact) mass is 422 g/mol. The van der Waals surface area contributed by atoms with E-state index < -0.39 is 0 Å². The average Bonchev–Trinajstić information content (AvgIpc) is 2.64. The number of nitrogens with one attached hydrogen (secondary N) is 2. The van der Waals surface area contributed by atoms with Crippen molar-refractivity contribution in [3.05, 3.63) is 44.3 Å². The molecular weight excluding hydrogens is 396 g/mol. The fourth-order valence-corrected chi connectivity index (χ4v) is 2.83. The number of aromatic amines is 1. The molecule has 1 aromatic carbocycles. The van der Waals surface area contributed by atoms with Crippen molar-refractivity contribution >= 4 is 23.8 Å². The Balaban J connectivity index is 2.19. The van der Waals surface area contributed by atoms with Gasteiger partial charge in [0.2, 0.25) is 5.95 Å². The van der Waals surface area contributed by atoms with Crippen LogP contribution in [0.1, 0.15) is 37.6 Å². The van der Waals surface area contributed by atoms with Gasteiger partial charge in [-0.2, -0.15) is 5.10 Å². The van der Waals surface area contributed by atoms with Gasteiger partial charge in [0, 0.05) is 18.6 Å². The Bertz CT molecular complexity index is 912. The van der Waals surface area contributed by atoms with Crippen LogP contribution >= 0.6 is 11.6 Å². The molecule has 2 rings (SSSR count). The molecule has 158 valence electrons. The SMILES string of the molecule is CCOc1cc(/C=N\Nc2nc(C)c(CCO)c(=O)[nH]2)cc(Cl)c1OCC(C)C. The highest BCUT2D eigenvalue weighted by molar-refractivity contribution is 6.32. The molecule has 1 aromatic heterocycles. The number of halogens is 1. The normalized spacial score (nSPS) is 11.3. The minimum Gasteiger partial charge on any atom is -0.490 e. The molecule has 0 bridgehead atoms. The Morgan fingerprint density at radius 3 is 2.76 bits per heavy atom. The first-order chi connectivity index (χ1) is 13.8. The number of ether oxygens (including phenoxy) is 2. The first-order valence-corrected chi connectivity index (χ1v) is 9.82. The molecule has 0 aliphatic rings. The Morgan fingerprint density at radius 2 is 2.14 bits per heavy atom. The van der Waals surface area contributed by atoms with Crippen LogP contribution in [0.2, 0.25) is 5.02 Å². The van der Waals surface area contributed by atoms with Crippen LogP contribution in [-0.2, 0) is 6.42 Å². The van der Waals surface area contributed by atoms with Gasteiger partial charge >= 0.3 is 0 Å². The second-order valence-corrected chi connectivity index (χ2v) is 7.20. The first kappa shape index (κ1) is 22.7. The summed E-state index contributed by atoms with van der Waals surface area (Å²) in [6.45, 7) is 8.58. The van der Waals surface area contributed by atoms with E-state index in [1.54, 1.807) is 19.1 Å². The summed E-state index contributed by atoms with van der Waals surface area (Å²) >= 11 is 6.37. The Morgan fingerprint density at radius 1 is 1.38 bits per heavy atom. The molecular formula is C20H27ClN4O4. The maximum absolute atomic E-state index is 12.0. The van der Waals surface area contributed by atoms with E-state index in [9.17, 15) is 4.79 Å². The Kier molecular flexibility index (Phi) is 8.48. The largest absolute Gasteiger partial charge is 0.490 e. The van der Waals surface area contributed by atoms with Crippen LogP contribution in [0.25, 0.3) is 0 Å². The molecule has 0 unspecified atom stereocenters. The predicted octanol–water partition coefficient (Wildman–Crippen LogP) is 3.15. The van der Waals surface area contributed by atoms with Gasteiger partial charge in [0.1, 0.15) is 0 Å². The lowest BCUT2D eigenvalue weighted by Crippen LogP contribution is -2.19. The maximum Gasteiger partial charge on any atom is 0.255 e. The fourth-order valence-electron chi connectivity index (χ4n) is 2.55. The molecule has 0 aliphatic carbocycles. The van der Waals surface area contributed by atoms with Gasteiger partial charge in [-0.05, 0) is 37.5 Å². The second kappa shape index (κ2) is 10.8. The van der Waals surface area contributed by atoms with E-state index in [1.165, 1.54) is 6.21 Å². The molecule has 0 aliphatic heterocycles. The number of H-pyrrole nitrogens is 1. The third kappa shape index (κ3) is 6.47. The average molecular weight is 423 g/mol. The molecule has 0 spiro atoms. The topological polar surface area (TPSA) is 109 Å². The standard InChI is InChI=1S/C20H27ClN4O4/c1-5-28-17-9-14(8-16(21)18(17)29-11-12(2)3)10-22-25-20-23-13(4)15(6-7-26)19(27)24-20/h8-10,12,26H,5-7,11H2,1-4H3,(H2,23,24,25,27)/b22-10-. The summed E-state index contributed by atoms with van der Waals surface area (Å²) in [4.78, 5) is 18.9. The number of aromatic nitrogens is 2. The summed E-state index contributed by atoms with van der Waals surface area (Å²) in [6.07, 6.45) is 1.79. The summed E-state index contributed by atoms with van der Waals surface area (Å²) in [6, 6.07) is 3.50. The summed E-state index contributed by atoms with van der Waals surface area (Å²) in [7, 11) is 0. The van der Waals surface area contributed by atoms with Crippen LogP contribution in [0.15, 0.2) is 22.0 Å². The van der Waals surface area contributed by atoms with E-state index in [4.69, 9.17) is 26.2 Å². The summed E-state index contributed by atoms with van der Waals surface area (Å²) in [5, 5.41) is 13.5. The number of aliphatic hydroxyl groups is 1. The van der Waals surface area contributed by atoms with Gasteiger partial charge in [-0.25, -0.2) is 10.4 Å². The lowest BCUT2D eigenvalue weighted by atomic mass is 10.2. The van der Waals surface area contributed by atoms with Crippen LogP contribution in [-0.4, -0.2) is 41.1 Å². The lowest BCUT2D eigenvalue weighted by molar-refractivity contribution is 0.248. The van der Waals surface area contributed by atoms with Crippen molar-refractivity contribution in [2.45, 2.75) is 34.1 Å². The number of nitrogens with zero attached hydrogens (tertiary/aromatic N) is 2. The number of hydrogen-bond acceptors (Lipinski definition) is 7. The number of rotatable bonds is 10. The summed E-state index contributed by atoms with van der Waals surface area (Å²) < 4.78 is 11.4. The van der Waals surface area contributed by atoms with Gasteiger partial charge in [-0.15, -0.1) is 0 Å². The zero-order chi connectivity index (χ0) is 21.4. The van der Waals surface area contributed by atoms with E-state index >= 15 is 0 Å². The van der Waals surface area contributed by atoms with Crippen molar-refractivity contribution < 1.29 is 14.6 Å². The highest BCUT2D eigenvalue weighted by atomic mass is 35.5. The predicted molar refractivity (Wildman–Crippen MR) is 115 cm³/mol. The fraction of sp³-hybridized carbons (Fsp3) is 0.450. The zero-order valence-electron chi connectivity index (χ0n) is 17.1. The third-order valence-electron chi connectivity index (χ3n) is 3.86. The molecule has 0 fully saturated rings. The maximum atomic E-state index is 12.0. The summed E-state index contributed by atoms with van der Waals surface area (Å²) in [5.41, 5.74) is 4.07. The number of anilines is 1. The molecule has 8 nitrogen and oxygen atoms in total. The van der Waals surface area contributed by atoms with Crippen molar-refractivity contribution in [3.8, 4) is 11.5 Å². The Labute approximate surface area is 174 Å². The second-order valence-electron chi connectivity index (χ2n) is 6.79. The minimum absolute atomic E-state index is 0.115. The van der Waals surface area contributed by atoms with E-state index in [1.807, 2.05) is 6.92 Å².